The second-order valence-corrected chi connectivity index (χ2v) is 9.41. The van der Waals surface area contributed by atoms with E-state index in [9.17, 15) is 13.2 Å². The van der Waals surface area contributed by atoms with Crippen LogP contribution >= 0.6 is 0 Å². The number of benzene rings is 1. The summed E-state index contributed by atoms with van der Waals surface area (Å²) in [5.74, 6) is -0.0531. The molecule has 2 aromatic rings. The van der Waals surface area contributed by atoms with Crippen LogP contribution in [-0.4, -0.2) is 49.0 Å². The van der Waals surface area contributed by atoms with Gasteiger partial charge in [-0.1, -0.05) is 37.5 Å². The molecule has 3 rings (SSSR count). The summed E-state index contributed by atoms with van der Waals surface area (Å²) in [6.45, 7) is 0.594. The molecule has 0 unspecified atom stereocenters. The van der Waals surface area contributed by atoms with Crippen molar-refractivity contribution in [2.24, 2.45) is 0 Å². The van der Waals surface area contributed by atoms with Gasteiger partial charge in [0.05, 0.1) is 6.26 Å². The minimum atomic E-state index is -3.36. The number of H-pyrrole nitrogens is 1. The van der Waals surface area contributed by atoms with Crippen molar-refractivity contribution in [3.05, 3.63) is 36.0 Å². The van der Waals surface area contributed by atoms with E-state index in [-0.39, 0.29) is 24.9 Å². The van der Waals surface area contributed by atoms with Crippen molar-refractivity contribution in [1.82, 2.24) is 14.6 Å². The highest BCUT2D eigenvalue weighted by Gasteiger charge is 2.20. The molecular formula is C20H29N3O3S. The molecule has 0 atom stereocenters. The van der Waals surface area contributed by atoms with Gasteiger partial charge in [0.15, 0.2) is 0 Å². The Morgan fingerprint density at radius 1 is 1.19 bits per heavy atom. The molecule has 0 spiro atoms. The Morgan fingerprint density at radius 2 is 1.93 bits per heavy atom. The van der Waals surface area contributed by atoms with Crippen LogP contribution in [-0.2, 0) is 21.2 Å². The van der Waals surface area contributed by atoms with E-state index in [0.29, 0.717) is 13.0 Å². The van der Waals surface area contributed by atoms with E-state index in [2.05, 4.69) is 10.3 Å². The molecule has 0 aliphatic heterocycles. The Bertz CT molecular complexity index is 869. The largest absolute Gasteiger partial charge is 0.361 e. The number of para-hydroxylation sites is 1. The lowest BCUT2D eigenvalue weighted by Crippen LogP contribution is -2.39. The van der Waals surface area contributed by atoms with Crippen LogP contribution in [0.1, 0.15) is 44.1 Å². The van der Waals surface area contributed by atoms with E-state index < -0.39 is 10.0 Å². The average Bonchev–Trinajstić information content (AvgIpc) is 3.05. The molecule has 6 nitrogen and oxygen atoms in total. The van der Waals surface area contributed by atoms with Crippen molar-refractivity contribution in [2.75, 3.05) is 19.3 Å². The van der Waals surface area contributed by atoms with Gasteiger partial charge in [-0.25, -0.2) is 12.7 Å². The molecular weight excluding hydrogens is 362 g/mol. The second kappa shape index (κ2) is 8.89. The van der Waals surface area contributed by atoms with Gasteiger partial charge in [0.25, 0.3) is 0 Å². The Hall–Kier alpha value is -1.86. The van der Waals surface area contributed by atoms with E-state index >= 15 is 0 Å². The summed E-state index contributed by atoms with van der Waals surface area (Å²) in [6, 6.07) is 8.23. The van der Waals surface area contributed by atoms with E-state index in [1.54, 1.807) is 0 Å². The van der Waals surface area contributed by atoms with Crippen molar-refractivity contribution >= 4 is 26.8 Å². The maximum absolute atomic E-state index is 12.2. The summed E-state index contributed by atoms with van der Waals surface area (Å²) < 4.78 is 25.7. The molecule has 0 bridgehead atoms. The summed E-state index contributed by atoms with van der Waals surface area (Å²) in [5.41, 5.74) is 2.14. The Balaban J connectivity index is 1.55. The number of carbonyl (C=O) groups excluding carboxylic acids is 1. The van der Waals surface area contributed by atoms with Crippen LogP contribution in [0, 0.1) is 0 Å². The molecule has 2 N–H and O–H groups in total. The number of carbonyl (C=O) groups is 1. The number of fused-ring (bicyclic) bond motifs is 1. The molecule has 1 aliphatic carbocycles. The summed E-state index contributed by atoms with van der Waals surface area (Å²) in [6.07, 6.45) is 9.57. The quantitative estimate of drug-likeness (QED) is 0.726. The van der Waals surface area contributed by atoms with Crippen LogP contribution in [0.25, 0.3) is 10.9 Å². The van der Waals surface area contributed by atoms with Crippen LogP contribution in [0.4, 0.5) is 0 Å². The van der Waals surface area contributed by atoms with Gasteiger partial charge in [-0.3, -0.25) is 4.79 Å². The SMILES string of the molecule is CS(=O)(=O)N(CCC(=O)NC1CCCCC1)CCc1c[nH]c2ccccc12. The van der Waals surface area contributed by atoms with E-state index in [0.717, 1.165) is 42.1 Å². The maximum atomic E-state index is 12.2. The number of nitrogens with zero attached hydrogens (tertiary/aromatic N) is 1. The molecule has 1 saturated carbocycles. The minimum absolute atomic E-state index is 0.0531. The van der Waals surface area contributed by atoms with Gasteiger partial charge in [-0.2, -0.15) is 0 Å². The molecule has 7 heteroatoms. The number of aromatic amines is 1. The number of sulfonamides is 1. The van der Waals surface area contributed by atoms with E-state index in [1.165, 1.54) is 17.0 Å². The molecule has 27 heavy (non-hydrogen) atoms. The number of hydrogen-bond donors (Lipinski definition) is 2. The van der Waals surface area contributed by atoms with Crippen LogP contribution in [0.5, 0.6) is 0 Å². The highest BCUT2D eigenvalue weighted by atomic mass is 32.2. The fourth-order valence-electron chi connectivity index (χ4n) is 3.80. The zero-order valence-electron chi connectivity index (χ0n) is 15.9. The topological polar surface area (TPSA) is 82.3 Å². The monoisotopic (exact) mass is 391 g/mol. The van der Waals surface area contributed by atoms with Gasteiger partial charge in [0.2, 0.25) is 15.9 Å². The third kappa shape index (κ3) is 5.56. The smallest absolute Gasteiger partial charge is 0.221 e. The van der Waals surface area contributed by atoms with Gasteiger partial charge in [-0.05, 0) is 30.9 Å². The molecule has 148 valence electrons. The highest BCUT2D eigenvalue weighted by Crippen LogP contribution is 2.19. The van der Waals surface area contributed by atoms with Gasteiger partial charge in [0, 0.05) is 42.7 Å². The third-order valence-corrected chi connectivity index (χ3v) is 6.64. The lowest BCUT2D eigenvalue weighted by Gasteiger charge is -2.24. The normalized spacial score (nSPS) is 16.1. The first-order valence-electron chi connectivity index (χ1n) is 9.73. The van der Waals surface area contributed by atoms with Crippen LogP contribution in [0.15, 0.2) is 30.5 Å². The van der Waals surface area contributed by atoms with Gasteiger partial charge in [0.1, 0.15) is 0 Å². The molecule has 1 heterocycles. The zero-order chi connectivity index (χ0) is 19.3. The van der Waals surface area contributed by atoms with Crippen molar-refractivity contribution < 1.29 is 13.2 Å². The second-order valence-electron chi connectivity index (χ2n) is 7.42. The molecule has 0 radical (unpaired) electrons. The Labute approximate surface area is 161 Å². The fraction of sp³-hybridized carbons (Fsp3) is 0.550. The summed E-state index contributed by atoms with van der Waals surface area (Å²) in [4.78, 5) is 15.4. The van der Waals surface area contributed by atoms with E-state index in [4.69, 9.17) is 0 Å². The molecule has 1 amide bonds. The van der Waals surface area contributed by atoms with Crippen molar-refractivity contribution in [1.29, 1.82) is 0 Å². The van der Waals surface area contributed by atoms with Gasteiger partial charge >= 0.3 is 0 Å². The van der Waals surface area contributed by atoms with Crippen LogP contribution < -0.4 is 5.32 Å². The number of nitrogens with one attached hydrogen (secondary N) is 2. The lowest BCUT2D eigenvalue weighted by molar-refractivity contribution is -0.122. The predicted molar refractivity (Wildman–Crippen MR) is 108 cm³/mol. The maximum Gasteiger partial charge on any atom is 0.221 e. The first kappa shape index (κ1) is 19.9. The fourth-order valence-corrected chi connectivity index (χ4v) is 4.65. The van der Waals surface area contributed by atoms with Crippen LogP contribution in [0.2, 0.25) is 0 Å². The number of rotatable bonds is 8. The van der Waals surface area contributed by atoms with Crippen molar-refractivity contribution in [3.8, 4) is 0 Å². The van der Waals surface area contributed by atoms with E-state index in [1.807, 2.05) is 30.5 Å². The van der Waals surface area contributed by atoms with Crippen molar-refractivity contribution in [3.63, 3.8) is 0 Å². The molecule has 1 aromatic carbocycles. The average molecular weight is 392 g/mol. The molecule has 1 aliphatic rings. The summed E-state index contributed by atoms with van der Waals surface area (Å²) in [7, 11) is -3.36. The zero-order valence-corrected chi connectivity index (χ0v) is 16.7. The first-order valence-corrected chi connectivity index (χ1v) is 11.6. The molecule has 0 saturated heterocycles. The van der Waals surface area contributed by atoms with Gasteiger partial charge < -0.3 is 10.3 Å². The predicted octanol–water partition coefficient (Wildman–Crippen LogP) is 2.81. The number of amides is 1. The molecule has 1 fully saturated rings. The number of aromatic nitrogens is 1. The number of hydrogen-bond acceptors (Lipinski definition) is 3. The Kier molecular flexibility index (Phi) is 6.55. The van der Waals surface area contributed by atoms with Crippen molar-refractivity contribution in [2.45, 2.75) is 51.0 Å². The highest BCUT2D eigenvalue weighted by molar-refractivity contribution is 7.88. The Morgan fingerprint density at radius 3 is 2.67 bits per heavy atom. The van der Waals surface area contributed by atoms with Gasteiger partial charge in [-0.15, -0.1) is 0 Å². The minimum Gasteiger partial charge on any atom is -0.361 e. The standard InChI is InChI=1S/C20H29N3O3S/c1-27(25,26)23(14-12-20(24)22-17-7-3-2-4-8-17)13-11-16-15-21-19-10-6-5-9-18(16)19/h5-6,9-10,15,17,21H,2-4,7-8,11-14H2,1H3,(H,22,24). The lowest BCUT2D eigenvalue weighted by atomic mass is 9.95. The summed E-state index contributed by atoms with van der Waals surface area (Å²) >= 11 is 0. The third-order valence-electron chi connectivity index (χ3n) is 5.33. The van der Waals surface area contributed by atoms with Crippen LogP contribution in [0.3, 0.4) is 0 Å². The molecule has 1 aromatic heterocycles. The summed E-state index contributed by atoms with van der Waals surface area (Å²) in [5, 5.41) is 4.17. The first-order chi connectivity index (χ1) is 12.9.